The van der Waals surface area contributed by atoms with E-state index in [1.165, 1.54) is 23.9 Å². The monoisotopic (exact) mass is 331 g/mol. The predicted molar refractivity (Wildman–Crippen MR) is 78.1 cm³/mol. The van der Waals surface area contributed by atoms with Crippen LogP contribution in [0.5, 0.6) is 0 Å². The Balaban J connectivity index is 1.72. The highest BCUT2D eigenvalue weighted by atomic mass is 32.2. The van der Waals surface area contributed by atoms with Crippen molar-refractivity contribution in [3.05, 3.63) is 53.5 Å². The van der Waals surface area contributed by atoms with Crippen LogP contribution in [0.15, 0.2) is 36.4 Å². The highest BCUT2D eigenvalue weighted by Crippen LogP contribution is 2.27. The molecule has 0 atom stereocenters. The molecule has 0 amide bonds. The van der Waals surface area contributed by atoms with E-state index in [4.69, 9.17) is 0 Å². The van der Waals surface area contributed by atoms with Gasteiger partial charge in [0, 0.05) is 18.1 Å². The third kappa shape index (κ3) is 4.87. The molecule has 0 fully saturated rings. The standard InChI is InChI=1S/C14H13F4N3S/c15-11-4-2-1-3-10(11)9-22-8-7-19-13-6-5-12(20-21-13)14(16,17)18/h1-6H,7-9H2,(H,19,21). The second kappa shape index (κ2) is 7.44. The van der Waals surface area contributed by atoms with Crippen LogP contribution in [-0.2, 0) is 11.9 Å². The maximum atomic E-state index is 13.4. The Morgan fingerprint density at radius 3 is 2.45 bits per heavy atom. The number of hydrogen-bond donors (Lipinski definition) is 1. The lowest BCUT2D eigenvalue weighted by Crippen LogP contribution is -2.11. The molecular formula is C14H13F4N3S. The van der Waals surface area contributed by atoms with Gasteiger partial charge in [-0.2, -0.15) is 24.9 Å². The Bertz CT molecular complexity index is 602. The van der Waals surface area contributed by atoms with Gasteiger partial charge in [0.1, 0.15) is 11.6 Å². The molecule has 0 bridgehead atoms. The van der Waals surface area contributed by atoms with Crippen molar-refractivity contribution in [3.63, 3.8) is 0 Å². The van der Waals surface area contributed by atoms with Crippen LogP contribution in [0.1, 0.15) is 11.3 Å². The van der Waals surface area contributed by atoms with Crippen molar-refractivity contribution in [3.8, 4) is 0 Å². The fourth-order valence-corrected chi connectivity index (χ4v) is 2.47. The highest BCUT2D eigenvalue weighted by Gasteiger charge is 2.32. The van der Waals surface area contributed by atoms with Gasteiger partial charge in [-0.1, -0.05) is 18.2 Å². The van der Waals surface area contributed by atoms with Crippen LogP contribution in [0.4, 0.5) is 23.4 Å². The molecule has 0 aliphatic carbocycles. The van der Waals surface area contributed by atoms with Crippen LogP contribution in [0, 0.1) is 5.82 Å². The van der Waals surface area contributed by atoms with Gasteiger partial charge < -0.3 is 5.32 Å². The third-order valence-electron chi connectivity index (χ3n) is 2.72. The Morgan fingerprint density at radius 1 is 1.05 bits per heavy atom. The minimum absolute atomic E-state index is 0.239. The second-order valence-electron chi connectivity index (χ2n) is 4.37. The van der Waals surface area contributed by atoms with Crippen LogP contribution in [0.25, 0.3) is 0 Å². The molecule has 0 aliphatic rings. The number of aromatic nitrogens is 2. The van der Waals surface area contributed by atoms with Crippen LogP contribution in [-0.4, -0.2) is 22.5 Å². The Kier molecular flexibility index (Phi) is 5.59. The van der Waals surface area contributed by atoms with Crippen molar-refractivity contribution in [1.82, 2.24) is 10.2 Å². The molecule has 1 aromatic heterocycles. The van der Waals surface area contributed by atoms with Crippen molar-refractivity contribution < 1.29 is 17.6 Å². The number of hydrogen-bond acceptors (Lipinski definition) is 4. The van der Waals surface area contributed by atoms with Crippen molar-refractivity contribution in [2.45, 2.75) is 11.9 Å². The molecule has 0 radical (unpaired) electrons. The third-order valence-corrected chi connectivity index (χ3v) is 3.73. The molecule has 3 nitrogen and oxygen atoms in total. The summed E-state index contributed by atoms with van der Waals surface area (Å²) in [4.78, 5) is 0. The van der Waals surface area contributed by atoms with Gasteiger partial charge >= 0.3 is 6.18 Å². The molecule has 1 aromatic carbocycles. The summed E-state index contributed by atoms with van der Waals surface area (Å²) < 4.78 is 50.3. The summed E-state index contributed by atoms with van der Waals surface area (Å²) in [5.74, 6) is 1.24. The van der Waals surface area contributed by atoms with E-state index in [9.17, 15) is 17.6 Å². The van der Waals surface area contributed by atoms with E-state index in [-0.39, 0.29) is 11.6 Å². The van der Waals surface area contributed by atoms with Gasteiger partial charge in [0.2, 0.25) is 0 Å². The number of anilines is 1. The number of benzene rings is 1. The molecule has 8 heteroatoms. The van der Waals surface area contributed by atoms with Crippen LogP contribution < -0.4 is 5.32 Å². The fourth-order valence-electron chi connectivity index (χ4n) is 1.63. The topological polar surface area (TPSA) is 37.8 Å². The van der Waals surface area contributed by atoms with E-state index in [0.29, 0.717) is 23.6 Å². The Labute approximate surface area is 129 Å². The molecule has 0 unspecified atom stereocenters. The largest absolute Gasteiger partial charge is 0.435 e. The van der Waals surface area contributed by atoms with E-state index < -0.39 is 11.9 Å². The summed E-state index contributed by atoms with van der Waals surface area (Å²) in [5.41, 5.74) is -0.395. The zero-order valence-corrected chi connectivity index (χ0v) is 12.2. The van der Waals surface area contributed by atoms with E-state index in [2.05, 4.69) is 15.5 Å². The number of rotatable bonds is 6. The summed E-state index contributed by atoms with van der Waals surface area (Å²) in [6.07, 6.45) is -4.48. The molecule has 0 saturated carbocycles. The Hall–Kier alpha value is -1.83. The quantitative estimate of drug-likeness (QED) is 0.642. The molecule has 1 N–H and O–H groups in total. The van der Waals surface area contributed by atoms with Gasteiger partial charge in [0.15, 0.2) is 5.69 Å². The summed E-state index contributed by atoms with van der Waals surface area (Å²) in [7, 11) is 0. The van der Waals surface area contributed by atoms with Gasteiger partial charge in [-0.15, -0.1) is 10.2 Å². The van der Waals surface area contributed by atoms with Crippen molar-refractivity contribution in [2.75, 3.05) is 17.6 Å². The predicted octanol–water partition coefficient (Wildman–Crippen LogP) is 3.98. The van der Waals surface area contributed by atoms with Crippen LogP contribution in [0.3, 0.4) is 0 Å². The first-order valence-corrected chi connectivity index (χ1v) is 7.58. The molecule has 118 valence electrons. The second-order valence-corrected chi connectivity index (χ2v) is 5.48. The molecule has 1 heterocycles. The van der Waals surface area contributed by atoms with Gasteiger partial charge in [-0.3, -0.25) is 0 Å². The van der Waals surface area contributed by atoms with E-state index in [1.807, 2.05) is 0 Å². The van der Waals surface area contributed by atoms with E-state index in [1.54, 1.807) is 18.2 Å². The van der Waals surface area contributed by atoms with Crippen LogP contribution >= 0.6 is 11.8 Å². The summed E-state index contributed by atoms with van der Waals surface area (Å²) >= 11 is 1.52. The fraction of sp³-hybridized carbons (Fsp3) is 0.286. The van der Waals surface area contributed by atoms with Crippen molar-refractivity contribution in [1.29, 1.82) is 0 Å². The lowest BCUT2D eigenvalue weighted by Gasteiger charge is -2.07. The van der Waals surface area contributed by atoms with E-state index in [0.717, 1.165) is 6.07 Å². The normalized spacial score (nSPS) is 11.5. The first-order valence-electron chi connectivity index (χ1n) is 6.43. The minimum atomic E-state index is -4.48. The lowest BCUT2D eigenvalue weighted by atomic mass is 10.2. The van der Waals surface area contributed by atoms with Crippen molar-refractivity contribution in [2.24, 2.45) is 0 Å². The average Bonchev–Trinajstić information content (AvgIpc) is 2.48. The molecule has 0 spiro atoms. The molecule has 2 rings (SSSR count). The first kappa shape index (κ1) is 16.5. The number of thioether (sulfide) groups is 1. The number of nitrogens with one attached hydrogen (secondary N) is 1. The first-order chi connectivity index (χ1) is 10.5. The Morgan fingerprint density at radius 2 is 1.82 bits per heavy atom. The number of halogens is 4. The molecule has 0 aliphatic heterocycles. The highest BCUT2D eigenvalue weighted by molar-refractivity contribution is 7.98. The van der Waals surface area contributed by atoms with Gasteiger partial charge in [-0.05, 0) is 23.8 Å². The lowest BCUT2D eigenvalue weighted by molar-refractivity contribution is -0.141. The van der Waals surface area contributed by atoms with Crippen molar-refractivity contribution >= 4 is 17.6 Å². The smallest absolute Gasteiger partial charge is 0.368 e. The maximum Gasteiger partial charge on any atom is 0.435 e. The number of nitrogens with zero attached hydrogens (tertiary/aromatic N) is 2. The zero-order valence-electron chi connectivity index (χ0n) is 11.4. The SMILES string of the molecule is Fc1ccccc1CSCCNc1ccc(C(F)(F)F)nn1. The minimum Gasteiger partial charge on any atom is -0.368 e. The van der Waals surface area contributed by atoms with Crippen LogP contribution in [0.2, 0.25) is 0 Å². The summed E-state index contributed by atoms with van der Waals surface area (Å²) in [6, 6.07) is 8.64. The molecule has 0 saturated heterocycles. The maximum absolute atomic E-state index is 13.4. The summed E-state index contributed by atoms with van der Waals surface area (Å²) in [6.45, 7) is 0.499. The molecule has 22 heavy (non-hydrogen) atoms. The van der Waals surface area contributed by atoms with Gasteiger partial charge in [0.05, 0.1) is 0 Å². The van der Waals surface area contributed by atoms with Gasteiger partial charge in [0.25, 0.3) is 0 Å². The average molecular weight is 331 g/mol. The van der Waals surface area contributed by atoms with Gasteiger partial charge in [-0.25, -0.2) is 4.39 Å². The zero-order chi connectivity index (χ0) is 16.0. The van der Waals surface area contributed by atoms with E-state index >= 15 is 0 Å². The molecule has 2 aromatic rings. The number of alkyl halides is 3. The summed E-state index contributed by atoms with van der Waals surface area (Å²) in [5, 5.41) is 9.45. The molecular weight excluding hydrogens is 318 g/mol.